The SMILES string of the molecule is CN1CCC2(CC1)CN(C(=O)OCc1ccccc1)C2. The molecule has 1 spiro atoms. The number of rotatable bonds is 2. The molecule has 0 N–H and O–H groups in total. The average Bonchev–Trinajstić information content (AvgIpc) is 2.45. The fourth-order valence-electron chi connectivity index (χ4n) is 3.11. The molecule has 0 atom stereocenters. The third-order valence-electron chi connectivity index (χ3n) is 4.56. The van der Waals surface area contributed by atoms with E-state index in [0.717, 1.165) is 31.7 Å². The number of hydrogen-bond donors (Lipinski definition) is 0. The molecule has 3 rings (SSSR count). The van der Waals surface area contributed by atoms with Crippen molar-refractivity contribution < 1.29 is 9.53 Å². The van der Waals surface area contributed by atoms with Crippen molar-refractivity contribution in [2.24, 2.45) is 5.41 Å². The summed E-state index contributed by atoms with van der Waals surface area (Å²) >= 11 is 0. The highest BCUT2D eigenvalue weighted by atomic mass is 16.6. The van der Waals surface area contributed by atoms with E-state index in [4.69, 9.17) is 4.74 Å². The predicted molar refractivity (Wildman–Crippen MR) is 77.4 cm³/mol. The summed E-state index contributed by atoms with van der Waals surface area (Å²) in [6.45, 7) is 4.40. The Bertz CT molecular complexity index is 459. The number of benzene rings is 1. The molecule has 2 fully saturated rings. The maximum atomic E-state index is 12.0. The standard InChI is InChI=1S/C16H22N2O2/c1-17-9-7-16(8-10-17)12-18(13-16)15(19)20-11-14-5-3-2-4-6-14/h2-6H,7-13H2,1H3. The van der Waals surface area contributed by atoms with Gasteiger partial charge < -0.3 is 14.5 Å². The number of nitrogens with zero attached hydrogens (tertiary/aromatic N) is 2. The lowest BCUT2D eigenvalue weighted by atomic mass is 9.72. The van der Waals surface area contributed by atoms with Crippen LogP contribution >= 0.6 is 0 Å². The van der Waals surface area contributed by atoms with Crippen molar-refractivity contribution in [3.8, 4) is 0 Å². The molecule has 20 heavy (non-hydrogen) atoms. The average molecular weight is 274 g/mol. The van der Waals surface area contributed by atoms with Crippen LogP contribution in [-0.4, -0.2) is 49.1 Å². The van der Waals surface area contributed by atoms with Gasteiger partial charge in [0.1, 0.15) is 6.61 Å². The molecule has 1 amide bonds. The van der Waals surface area contributed by atoms with Gasteiger partial charge in [0.25, 0.3) is 0 Å². The minimum Gasteiger partial charge on any atom is -0.445 e. The summed E-state index contributed by atoms with van der Waals surface area (Å²) in [4.78, 5) is 16.2. The number of carbonyl (C=O) groups excluding carboxylic acids is 1. The predicted octanol–water partition coefficient (Wildman–Crippen LogP) is 2.35. The molecule has 4 heteroatoms. The number of amides is 1. The minimum absolute atomic E-state index is 0.168. The van der Waals surface area contributed by atoms with Crippen LogP contribution < -0.4 is 0 Å². The van der Waals surface area contributed by atoms with Crippen molar-refractivity contribution in [3.05, 3.63) is 35.9 Å². The summed E-state index contributed by atoms with van der Waals surface area (Å²) in [5.74, 6) is 0. The summed E-state index contributed by atoms with van der Waals surface area (Å²) in [5, 5.41) is 0. The summed E-state index contributed by atoms with van der Waals surface area (Å²) in [5.41, 5.74) is 1.41. The van der Waals surface area contributed by atoms with Crippen molar-refractivity contribution >= 4 is 6.09 Å². The van der Waals surface area contributed by atoms with Crippen LogP contribution in [0.5, 0.6) is 0 Å². The van der Waals surface area contributed by atoms with Gasteiger partial charge in [0, 0.05) is 18.5 Å². The van der Waals surface area contributed by atoms with Gasteiger partial charge in [-0.05, 0) is 38.5 Å². The second-order valence-electron chi connectivity index (χ2n) is 6.20. The largest absolute Gasteiger partial charge is 0.445 e. The van der Waals surface area contributed by atoms with Crippen LogP contribution in [0.1, 0.15) is 18.4 Å². The third-order valence-corrected chi connectivity index (χ3v) is 4.56. The lowest BCUT2D eigenvalue weighted by molar-refractivity contribution is -0.0392. The quantitative estimate of drug-likeness (QED) is 0.830. The highest BCUT2D eigenvalue weighted by Crippen LogP contribution is 2.40. The molecule has 2 aliphatic rings. The van der Waals surface area contributed by atoms with Gasteiger partial charge in [-0.3, -0.25) is 0 Å². The Labute approximate surface area is 120 Å². The van der Waals surface area contributed by atoms with E-state index in [-0.39, 0.29) is 6.09 Å². The first kappa shape index (κ1) is 13.4. The highest BCUT2D eigenvalue weighted by Gasteiger charge is 2.46. The summed E-state index contributed by atoms with van der Waals surface area (Å²) in [7, 11) is 2.16. The Balaban J connectivity index is 1.44. The fraction of sp³-hybridized carbons (Fsp3) is 0.562. The van der Waals surface area contributed by atoms with E-state index >= 15 is 0 Å². The molecule has 0 radical (unpaired) electrons. The molecule has 0 saturated carbocycles. The molecule has 1 aromatic rings. The monoisotopic (exact) mass is 274 g/mol. The van der Waals surface area contributed by atoms with E-state index in [1.54, 1.807) is 0 Å². The number of carbonyl (C=O) groups is 1. The lowest BCUT2D eigenvalue weighted by Crippen LogP contribution is -2.61. The van der Waals surface area contributed by atoms with Crippen molar-refractivity contribution in [1.29, 1.82) is 0 Å². The smallest absolute Gasteiger partial charge is 0.410 e. The molecular formula is C16H22N2O2. The van der Waals surface area contributed by atoms with Crippen molar-refractivity contribution in [1.82, 2.24) is 9.80 Å². The fourth-order valence-corrected chi connectivity index (χ4v) is 3.11. The van der Waals surface area contributed by atoms with Gasteiger partial charge in [0.15, 0.2) is 0 Å². The molecule has 0 bridgehead atoms. The molecule has 0 aliphatic carbocycles. The molecule has 2 aliphatic heterocycles. The Hall–Kier alpha value is -1.55. The van der Waals surface area contributed by atoms with E-state index in [0.29, 0.717) is 12.0 Å². The van der Waals surface area contributed by atoms with E-state index in [1.807, 2.05) is 35.2 Å². The van der Waals surface area contributed by atoms with Gasteiger partial charge >= 0.3 is 6.09 Å². The zero-order valence-corrected chi connectivity index (χ0v) is 12.0. The minimum atomic E-state index is -0.168. The van der Waals surface area contributed by atoms with Crippen LogP contribution in [0, 0.1) is 5.41 Å². The summed E-state index contributed by atoms with van der Waals surface area (Å²) in [6, 6.07) is 9.83. The van der Waals surface area contributed by atoms with Gasteiger partial charge in [-0.15, -0.1) is 0 Å². The van der Waals surface area contributed by atoms with Crippen LogP contribution in [0.3, 0.4) is 0 Å². The first-order valence-corrected chi connectivity index (χ1v) is 7.31. The molecule has 108 valence electrons. The maximum Gasteiger partial charge on any atom is 0.410 e. The highest BCUT2D eigenvalue weighted by molar-refractivity contribution is 5.69. The molecule has 4 nitrogen and oxygen atoms in total. The topological polar surface area (TPSA) is 32.8 Å². The van der Waals surface area contributed by atoms with Crippen LogP contribution in [0.2, 0.25) is 0 Å². The Morgan fingerprint density at radius 3 is 2.50 bits per heavy atom. The first-order chi connectivity index (χ1) is 9.67. The van der Waals surface area contributed by atoms with E-state index in [9.17, 15) is 4.79 Å². The van der Waals surface area contributed by atoms with Crippen LogP contribution in [0.15, 0.2) is 30.3 Å². The Morgan fingerprint density at radius 2 is 1.85 bits per heavy atom. The Morgan fingerprint density at radius 1 is 1.20 bits per heavy atom. The van der Waals surface area contributed by atoms with Crippen molar-refractivity contribution in [2.75, 3.05) is 33.2 Å². The summed E-state index contributed by atoms with van der Waals surface area (Å²) in [6.07, 6.45) is 2.23. The molecule has 1 aromatic carbocycles. The zero-order valence-electron chi connectivity index (χ0n) is 12.0. The van der Waals surface area contributed by atoms with E-state index in [2.05, 4.69) is 11.9 Å². The molecule has 2 heterocycles. The second-order valence-corrected chi connectivity index (χ2v) is 6.20. The van der Waals surface area contributed by atoms with Crippen LogP contribution in [-0.2, 0) is 11.3 Å². The molecular weight excluding hydrogens is 252 g/mol. The molecule has 2 saturated heterocycles. The number of likely N-dealkylation sites (tertiary alicyclic amines) is 2. The van der Waals surface area contributed by atoms with Crippen LogP contribution in [0.4, 0.5) is 4.79 Å². The van der Waals surface area contributed by atoms with Crippen LogP contribution in [0.25, 0.3) is 0 Å². The molecule has 0 aromatic heterocycles. The molecule has 0 unspecified atom stereocenters. The number of hydrogen-bond acceptors (Lipinski definition) is 3. The van der Waals surface area contributed by atoms with E-state index in [1.165, 1.54) is 12.8 Å². The number of piperidine rings is 1. The number of ether oxygens (including phenoxy) is 1. The van der Waals surface area contributed by atoms with Crippen molar-refractivity contribution in [2.45, 2.75) is 19.4 Å². The maximum absolute atomic E-state index is 12.0. The normalized spacial score (nSPS) is 21.6. The Kier molecular flexibility index (Phi) is 3.66. The van der Waals surface area contributed by atoms with Gasteiger partial charge in [0.05, 0.1) is 0 Å². The van der Waals surface area contributed by atoms with Crippen molar-refractivity contribution in [3.63, 3.8) is 0 Å². The van der Waals surface area contributed by atoms with E-state index < -0.39 is 0 Å². The van der Waals surface area contributed by atoms with Gasteiger partial charge in [-0.25, -0.2) is 4.79 Å². The first-order valence-electron chi connectivity index (χ1n) is 7.31. The second kappa shape index (κ2) is 5.44. The zero-order chi connectivity index (χ0) is 14.0. The third kappa shape index (κ3) is 2.80. The summed E-state index contributed by atoms with van der Waals surface area (Å²) < 4.78 is 5.36. The van der Waals surface area contributed by atoms with Gasteiger partial charge in [-0.2, -0.15) is 0 Å². The lowest BCUT2D eigenvalue weighted by Gasteiger charge is -2.52. The van der Waals surface area contributed by atoms with Gasteiger partial charge in [-0.1, -0.05) is 30.3 Å². The van der Waals surface area contributed by atoms with Gasteiger partial charge in [0.2, 0.25) is 0 Å².